The van der Waals surface area contributed by atoms with Crippen LogP contribution in [0.5, 0.6) is 11.5 Å². The van der Waals surface area contributed by atoms with Crippen LogP contribution in [-0.2, 0) is 12.1 Å². The Morgan fingerprint density at radius 1 is 1.30 bits per heavy atom. The summed E-state index contributed by atoms with van der Waals surface area (Å²) in [6.07, 6.45) is 1.53. The van der Waals surface area contributed by atoms with Crippen LogP contribution in [0.25, 0.3) is 0 Å². The molecule has 0 saturated heterocycles. The van der Waals surface area contributed by atoms with Gasteiger partial charge in [-0.25, -0.2) is 0 Å². The van der Waals surface area contributed by atoms with E-state index in [0.717, 1.165) is 5.56 Å². The Bertz CT molecular complexity index is 781. The molecule has 3 N–H and O–H groups in total. The Morgan fingerprint density at radius 2 is 2.07 bits per heavy atom. The molecule has 1 unspecified atom stereocenters. The molecule has 2 heterocycles. The number of guanidine groups is 1. The first kappa shape index (κ1) is 21.6. The third-order valence-corrected chi connectivity index (χ3v) is 4.27. The van der Waals surface area contributed by atoms with Crippen molar-refractivity contribution >= 4 is 41.5 Å². The SMILES string of the molecule is CN=C(NCc1cc(Cl)c2c(c1)OCCO2)NCC(C)(O)c1ccco1.I. The zero-order valence-corrected chi connectivity index (χ0v) is 18.2. The van der Waals surface area contributed by atoms with E-state index in [2.05, 4.69) is 15.6 Å². The number of benzene rings is 1. The number of aliphatic imine (C=N–C) groups is 1. The minimum absolute atomic E-state index is 0. The van der Waals surface area contributed by atoms with Crippen LogP contribution in [0, 0.1) is 0 Å². The fourth-order valence-corrected chi connectivity index (χ4v) is 2.89. The van der Waals surface area contributed by atoms with Crippen LogP contribution >= 0.6 is 35.6 Å². The van der Waals surface area contributed by atoms with E-state index in [0.29, 0.717) is 48.0 Å². The fourth-order valence-electron chi connectivity index (χ4n) is 2.60. The smallest absolute Gasteiger partial charge is 0.191 e. The molecule has 3 rings (SSSR count). The quantitative estimate of drug-likeness (QED) is 0.328. The van der Waals surface area contributed by atoms with Gasteiger partial charge >= 0.3 is 0 Å². The van der Waals surface area contributed by atoms with Crippen LogP contribution in [0.2, 0.25) is 5.02 Å². The number of nitrogens with zero attached hydrogens (tertiary/aromatic N) is 1. The van der Waals surface area contributed by atoms with Crippen LogP contribution in [0.15, 0.2) is 39.9 Å². The number of rotatable bonds is 5. The van der Waals surface area contributed by atoms with E-state index in [4.69, 9.17) is 25.5 Å². The summed E-state index contributed by atoms with van der Waals surface area (Å²) in [7, 11) is 1.66. The molecule has 7 nitrogen and oxygen atoms in total. The van der Waals surface area contributed by atoms with Crippen molar-refractivity contribution < 1.29 is 19.0 Å². The van der Waals surface area contributed by atoms with Gasteiger partial charge in [-0.2, -0.15) is 0 Å². The summed E-state index contributed by atoms with van der Waals surface area (Å²) in [5.74, 6) is 2.25. The molecule has 0 saturated carbocycles. The molecule has 27 heavy (non-hydrogen) atoms. The lowest BCUT2D eigenvalue weighted by atomic mass is 10.0. The molecule has 0 spiro atoms. The Kier molecular flexibility index (Phi) is 7.63. The summed E-state index contributed by atoms with van der Waals surface area (Å²) in [5.41, 5.74) is -0.221. The third kappa shape index (κ3) is 5.43. The van der Waals surface area contributed by atoms with Gasteiger partial charge in [0.25, 0.3) is 0 Å². The van der Waals surface area contributed by atoms with Crippen molar-refractivity contribution in [2.45, 2.75) is 19.1 Å². The summed E-state index contributed by atoms with van der Waals surface area (Å²) in [6, 6.07) is 7.19. The predicted molar refractivity (Wildman–Crippen MR) is 114 cm³/mol. The maximum atomic E-state index is 10.5. The van der Waals surface area contributed by atoms with Gasteiger partial charge in [0.2, 0.25) is 0 Å². The van der Waals surface area contributed by atoms with Crippen LogP contribution in [-0.4, -0.2) is 37.9 Å². The van der Waals surface area contributed by atoms with Crippen LogP contribution < -0.4 is 20.1 Å². The van der Waals surface area contributed by atoms with Crippen molar-refractivity contribution in [2.75, 3.05) is 26.8 Å². The van der Waals surface area contributed by atoms with Crippen LogP contribution in [0.4, 0.5) is 0 Å². The molecule has 1 atom stereocenters. The number of hydrogen-bond donors (Lipinski definition) is 3. The Hall–Kier alpha value is -1.65. The first-order chi connectivity index (χ1) is 12.5. The van der Waals surface area contributed by atoms with Gasteiger partial charge in [0.05, 0.1) is 17.8 Å². The molecule has 1 aromatic heterocycles. The normalized spacial score (nSPS) is 15.5. The van der Waals surface area contributed by atoms with Crippen LogP contribution in [0.1, 0.15) is 18.2 Å². The van der Waals surface area contributed by atoms with E-state index in [1.165, 1.54) is 6.26 Å². The second kappa shape index (κ2) is 9.52. The molecular formula is C18H23ClIN3O4. The van der Waals surface area contributed by atoms with E-state index < -0.39 is 5.60 Å². The summed E-state index contributed by atoms with van der Waals surface area (Å²) < 4.78 is 16.4. The Labute approximate surface area is 180 Å². The van der Waals surface area contributed by atoms with Gasteiger partial charge in [-0.1, -0.05) is 11.6 Å². The minimum Gasteiger partial charge on any atom is -0.486 e. The average Bonchev–Trinajstić information content (AvgIpc) is 3.17. The monoisotopic (exact) mass is 507 g/mol. The van der Waals surface area contributed by atoms with Crippen LogP contribution in [0.3, 0.4) is 0 Å². The first-order valence-corrected chi connectivity index (χ1v) is 8.66. The molecular weight excluding hydrogens is 485 g/mol. The van der Waals surface area contributed by atoms with Crippen molar-refractivity contribution in [3.63, 3.8) is 0 Å². The minimum atomic E-state index is -1.15. The van der Waals surface area contributed by atoms with Crippen molar-refractivity contribution in [2.24, 2.45) is 4.99 Å². The molecule has 0 bridgehead atoms. The van der Waals surface area contributed by atoms with Crippen molar-refractivity contribution in [3.8, 4) is 11.5 Å². The Balaban J connectivity index is 0.00000261. The number of halogens is 2. The van der Waals surface area contributed by atoms with Gasteiger partial charge in [0.15, 0.2) is 17.5 Å². The molecule has 1 aliphatic rings. The van der Waals surface area contributed by atoms with Gasteiger partial charge in [-0.3, -0.25) is 4.99 Å². The molecule has 0 fully saturated rings. The average molecular weight is 508 g/mol. The van der Waals surface area contributed by atoms with Crippen molar-refractivity contribution in [3.05, 3.63) is 46.9 Å². The van der Waals surface area contributed by atoms with E-state index in [9.17, 15) is 5.11 Å². The number of nitrogens with one attached hydrogen (secondary N) is 2. The summed E-state index contributed by atoms with van der Waals surface area (Å²) in [6.45, 7) is 3.40. The maximum absolute atomic E-state index is 10.5. The lowest BCUT2D eigenvalue weighted by molar-refractivity contribution is 0.0386. The van der Waals surface area contributed by atoms with E-state index in [1.807, 2.05) is 12.1 Å². The zero-order chi connectivity index (χ0) is 18.6. The number of ether oxygens (including phenoxy) is 2. The maximum Gasteiger partial charge on any atom is 0.191 e. The summed E-state index contributed by atoms with van der Waals surface area (Å²) in [4.78, 5) is 4.16. The number of aliphatic hydroxyl groups is 1. The summed E-state index contributed by atoms with van der Waals surface area (Å²) in [5, 5.41) is 17.3. The molecule has 0 radical (unpaired) electrons. The van der Waals surface area contributed by atoms with Crippen molar-refractivity contribution in [1.82, 2.24) is 10.6 Å². The summed E-state index contributed by atoms with van der Waals surface area (Å²) >= 11 is 6.25. The molecule has 148 valence electrons. The lowest BCUT2D eigenvalue weighted by Crippen LogP contribution is -2.44. The topological polar surface area (TPSA) is 88.3 Å². The van der Waals surface area contributed by atoms with Gasteiger partial charge in [-0.05, 0) is 36.8 Å². The molecule has 1 aliphatic heterocycles. The lowest BCUT2D eigenvalue weighted by Gasteiger charge is -2.23. The second-order valence-corrected chi connectivity index (χ2v) is 6.54. The molecule has 0 amide bonds. The van der Waals surface area contributed by atoms with Gasteiger partial charge in [-0.15, -0.1) is 24.0 Å². The molecule has 0 aliphatic carbocycles. The highest BCUT2D eigenvalue weighted by Crippen LogP contribution is 2.38. The molecule has 2 aromatic rings. The Morgan fingerprint density at radius 3 is 2.78 bits per heavy atom. The molecule has 1 aromatic carbocycles. The largest absolute Gasteiger partial charge is 0.486 e. The standard InChI is InChI=1S/C18H22ClN3O4.HI/c1-18(23,15-4-3-5-25-15)11-22-17(20-2)21-10-12-8-13(19)16-14(9-12)24-6-7-26-16;/h3-5,8-9,23H,6-7,10-11H2,1-2H3,(H2,20,21,22);1H. The van der Waals surface area contributed by atoms with E-state index in [1.54, 1.807) is 26.1 Å². The molecule has 9 heteroatoms. The highest BCUT2D eigenvalue weighted by Gasteiger charge is 2.26. The first-order valence-electron chi connectivity index (χ1n) is 8.28. The predicted octanol–water partition coefficient (Wildman–Crippen LogP) is 2.89. The van der Waals surface area contributed by atoms with Crippen molar-refractivity contribution in [1.29, 1.82) is 0 Å². The van der Waals surface area contributed by atoms with Gasteiger partial charge < -0.3 is 29.6 Å². The highest BCUT2D eigenvalue weighted by atomic mass is 127. The second-order valence-electron chi connectivity index (χ2n) is 6.13. The number of fused-ring (bicyclic) bond motifs is 1. The van der Waals surface area contributed by atoms with Gasteiger partial charge in [0.1, 0.15) is 24.6 Å². The number of furan rings is 1. The van der Waals surface area contributed by atoms with E-state index >= 15 is 0 Å². The third-order valence-electron chi connectivity index (χ3n) is 3.99. The number of hydrogen-bond acceptors (Lipinski definition) is 5. The van der Waals surface area contributed by atoms with E-state index in [-0.39, 0.29) is 30.5 Å². The van der Waals surface area contributed by atoms with Gasteiger partial charge in [0, 0.05) is 13.6 Å². The zero-order valence-electron chi connectivity index (χ0n) is 15.1. The highest BCUT2D eigenvalue weighted by molar-refractivity contribution is 14.0. The fraction of sp³-hybridized carbons (Fsp3) is 0.389.